The summed E-state index contributed by atoms with van der Waals surface area (Å²) in [6.07, 6.45) is 0. The van der Waals surface area contributed by atoms with Gasteiger partial charge < -0.3 is 14.2 Å². The van der Waals surface area contributed by atoms with E-state index < -0.39 is 6.04 Å². The van der Waals surface area contributed by atoms with Gasteiger partial charge in [-0.1, -0.05) is 30.3 Å². The predicted molar refractivity (Wildman–Crippen MR) is 122 cm³/mol. The zero-order valence-corrected chi connectivity index (χ0v) is 18.1. The number of piperazine rings is 1. The minimum atomic E-state index is -0.832. The first-order valence-corrected chi connectivity index (χ1v) is 10.1. The molecule has 0 aliphatic carbocycles. The number of hydrogen-bond donors (Lipinski definition) is 0. The van der Waals surface area contributed by atoms with E-state index in [-0.39, 0.29) is 18.4 Å². The zero-order valence-electron chi connectivity index (χ0n) is 18.1. The van der Waals surface area contributed by atoms with Crippen molar-refractivity contribution in [2.24, 2.45) is 0 Å². The number of carbonyl (C=O) groups is 2. The highest BCUT2D eigenvalue weighted by atomic mass is 16.5. The Labute approximate surface area is 186 Å². The lowest BCUT2D eigenvalue weighted by Gasteiger charge is -2.40. The molecule has 0 aromatic heterocycles. The van der Waals surface area contributed by atoms with E-state index in [0.717, 1.165) is 0 Å². The molecule has 1 aliphatic rings. The Balaban J connectivity index is 1.81. The molecule has 1 heterocycles. The average Bonchev–Trinajstić information content (AvgIpc) is 2.85. The number of benzene rings is 3. The second-order valence-corrected chi connectivity index (χ2v) is 7.24. The summed E-state index contributed by atoms with van der Waals surface area (Å²) in [6.45, 7) is -0.127. The molecule has 7 nitrogen and oxygen atoms in total. The van der Waals surface area contributed by atoms with Gasteiger partial charge >= 0.3 is 0 Å². The zero-order chi connectivity index (χ0) is 22.7. The molecule has 3 aromatic rings. The molecule has 1 fully saturated rings. The highest BCUT2D eigenvalue weighted by Gasteiger charge is 2.42. The standard InChI is InChI=1S/C25H24N2O5/c1-30-19-11-9-18(10-12-19)27-23(28)16-26(21-15-20(31-2)13-14-22(21)32-3)25(29)24(27)17-7-5-4-6-8-17/h4-15,24H,16H2,1-3H3/t24-/m1/s1. The third-order valence-electron chi connectivity index (χ3n) is 5.46. The normalized spacial score (nSPS) is 16.2. The summed E-state index contributed by atoms with van der Waals surface area (Å²) in [4.78, 5) is 30.3. The molecule has 0 spiro atoms. The van der Waals surface area contributed by atoms with Crippen molar-refractivity contribution >= 4 is 23.2 Å². The van der Waals surface area contributed by atoms with Crippen LogP contribution in [0.4, 0.5) is 11.4 Å². The fraction of sp³-hybridized carbons (Fsp3) is 0.200. The van der Waals surface area contributed by atoms with E-state index in [2.05, 4.69) is 0 Å². The number of methoxy groups -OCH3 is 3. The van der Waals surface area contributed by atoms with Crippen molar-refractivity contribution in [2.45, 2.75) is 6.04 Å². The van der Waals surface area contributed by atoms with Crippen molar-refractivity contribution < 1.29 is 23.8 Å². The first-order valence-electron chi connectivity index (χ1n) is 10.1. The maximum Gasteiger partial charge on any atom is 0.255 e. The van der Waals surface area contributed by atoms with Crippen LogP contribution in [0.25, 0.3) is 0 Å². The van der Waals surface area contributed by atoms with Crippen LogP contribution in [0.15, 0.2) is 72.8 Å². The highest BCUT2D eigenvalue weighted by molar-refractivity contribution is 6.15. The summed E-state index contributed by atoms with van der Waals surface area (Å²) in [5, 5.41) is 0. The maximum absolute atomic E-state index is 13.9. The molecule has 0 bridgehead atoms. The fourth-order valence-electron chi connectivity index (χ4n) is 3.87. The first-order chi connectivity index (χ1) is 15.6. The van der Waals surface area contributed by atoms with Gasteiger partial charge in [-0.3, -0.25) is 19.4 Å². The van der Waals surface area contributed by atoms with Gasteiger partial charge in [0.15, 0.2) is 0 Å². The number of hydrogen-bond acceptors (Lipinski definition) is 5. The van der Waals surface area contributed by atoms with E-state index in [1.165, 1.54) is 12.0 Å². The molecular weight excluding hydrogens is 408 g/mol. The van der Waals surface area contributed by atoms with Gasteiger partial charge in [-0.2, -0.15) is 0 Å². The van der Waals surface area contributed by atoms with Crippen LogP contribution in [0.2, 0.25) is 0 Å². The topological polar surface area (TPSA) is 68.3 Å². The molecule has 164 valence electrons. The average molecular weight is 432 g/mol. The monoisotopic (exact) mass is 432 g/mol. The lowest BCUT2D eigenvalue weighted by atomic mass is 9.99. The van der Waals surface area contributed by atoms with Gasteiger partial charge in [0.05, 0.1) is 27.0 Å². The molecule has 1 aliphatic heterocycles. The molecule has 0 N–H and O–H groups in total. The number of ether oxygens (including phenoxy) is 3. The number of rotatable bonds is 6. The summed E-state index contributed by atoms with van der Waals surface area (Å²) in [5.41, 5.74) is 1.82. The minimum Gasteiger partial charge on any atom is -0.497 e. The number of carbonyl (C=O) groups excluding carboxylic acids is 2. The van der Waals surface area contributed by atoms with Crippen molar-refractivity contribution in [3.05, 3.63) is 78.4 Å². The predicted octanol–water partition coefficient (Wildman–Crippen LogP) is 3.83. The molecule has 32 heavy (non-hydrogen) atoms. The van der Waals surface area contributed by atoms with E-state index in [0.29, 0.717) is 34.2 Å². The van der Waals surface area contributed by atoms with Crippen LogP contribution in [-0.2, 0) is 9.59 Å². The summed E-state index contributed by atoms with van der Waals surface area (Å²) in [7, 11) is 4.66. The lowest BCUT2D eigenvalue weighted by Crippen LogP contribution is -2.56. The van der Waals surface area contributed by atoms with Crippen molar-refractivity contribution in [1.82, 2.24) is 0 Å². The van der Waals surface area contributed by atoms with Gasteiger partial charge in [-0.05, 0) is 42.0 Å². The van der Waals surface area contributed by atoms with Crippen LogP contribution in [0.5, 0.6) is 17.2 Å². The van der Waals surface area contributed by atoms with Gasteiger partial charge in [0.1, 0.15) is 29.8 Å². The van der Waals surface area contributed by atoms with E-state index in [9.17, 15) is 9.59 Å². The molecule has 2 amide bonds. The van der Waals surface area contributed by atoms with E-state index in [4.69, 9.17) is 14.2 Å². The minimum absolute atomic E-state index is 0.127. The Bertz CT molecular complexity index is 1110. The fourth-order valence-corrected chi connectivity index (χ4v) is 3.87. The summed E-state index contributed by atoms with van der Waals surface area (Å²) in [5.74, 6) is 1.27. The van der Waals surface area contributed by atoms with Gasteiger partial charge in [-0.15, -0.1) is 0 Å². The SMILES string of the molecule is COc1ccc(N2C(=O)CN(c3cc(OC)ccc3OC)C(=O)[C@H]2c2ccccc2)cc1. The smallest absolute Gasteiger partial charge is 0.255 e. The molecular formula is C25H24N2O5. The number of nitrogens with zero attached hydrogens (tertiary/aromatic N) is 2. The van der Waals surface area contributed by atoms with Crippen LogP contribution in [0, 0.1) is 0 Å². The highest BCUT2D eigenvalue weighted by Crippen LogP contribution is 2.39. The Hall–Kier alpha value is -4.00. The molecule has 0 unspecified atom stereocenters. The molecule has 1 atom stereocenters. The Kier molecular flexibility index (Phi) is 5.98. The van der Waals surface area contributed by atoms with Gasteiger partial charge in [0, 0.05) is 11.8 Å². The number of amides is 2. The van der Waals surface area contributed by atoms with Crippen molar-refractivity contribution in [1.29, 1.82) is 0 Å². The van der Waals surface area contributed by atoms with Crippen molar-refractivity contribution in [3.63, 3.8) is 0 Å². The Morgan fingerprint density at radius 1 is 0.781 bits per heavy atom. The van der Waals surface area contributed by atoms with Gasteiger partial charge in [-0.25, -0.2) is 0 Å². The molecule has 3 aromatic carbocycles. The van der Waals surface area contributed by atoms with Crippen molar-refractivity contribution in [3.8, 4) is 17.2 Å². The van der Waals surface area contributed by atoms with Crippen LogP contribution in [0.3, 0.4) is 0 Å². The Morgan fingerprint density at radius 2 is 1.44 bits per heavy atom. The second kappa shape index (κ2) is 9.01. The van der Waals surface area contributed by atoms with Crippen LogP contribution in [-0.4, -0.2) is 39.7 Å². The van der Waals surface area contributed by atoms with Crippen LogP contribution in [0.1, 0.15) is 11.6 Å². The summed E-state index contributed by atoms with van der Waals surface area (Å²) >= 11 is 0. The molecule has 0 saturated carbocycles. The van der Waals surface area contributed by atoms with Gasteiger partial charge in [0.25, 0.3) is 5.91 Å². The third-order valence-corrected chi connectivity index (χ3v) is 5.46. The van der Waals surface area contributed by atoms with Crippen LogP contribution >= 0.6 is 0 Å². The molecule has 7 heteroatoms. The third kappa shape index (κ3) is 3.85. The summed E-state index contributed by atoms with van der Waals surface area (Å²) < 4.78 is 16.0. The molecule has 4 rings (SSSR count). The van der Waals surface area contributed by atoms with Crippen molar-refractivity contribution in [2.75, 3.05) is 37.7 Å². The largest absolute Gasteiger partial charge is 0.497 e. The molecule has 1 saturated heterocycles. The Morgan fingerprint density at radius 3 is 2.06 bits per heavy atom. The number of anilines is 2. The maximum atomic E-state index is 13.9. The summed E-state index contributed by atoms with van der Waals surface area (Å²) in [6, 6.07) is 20.7. The second-order valence-electron chi connectivity index (χ2n) is 7.24. The molecule has 0 radical (unpaired) electrons. The van der Waals surface area contributed by atoms with E-state index >= 15 is 0 Å². The van der Waals surface area contributed by atoms with E-state index in [1.54, 1.807) is 61.6 Å². The van der Waals surface area contributed by atoms with Crippen LogP contribution < -0.4 is 24.0 Å². The quantitative estimate of drug-likeness (QED) is 0.592. The van der Waals surface area contributed by atoms with Gasteiger partial charge in [0.2, 0.25) is 5.91 Å². The first kappa shape index (κ1) is 21.2. The van der Waals surface area contributed by atoms with E-state index in [1.807, 2.05) is 30.3 Å². The lowest BCUT2D eigenvalue weighted by molar-refractivity contribution is -0.128.